The normalized spacial score (nSPS) is 21.5. The van der Waals surface area contributed by atoms with Gasteiger partial charge in [-0.3, -0.25) is 14.6 Å². The predicted octanol–water partition coefficient (Wildman–Crippen LogP) is 4.37. The third-order valence-electron chi connectivity index (χ3n) is 7.03. The molecule has 1 aliphatic heterocycles. The molecule has 4 rings (SSSR count). The molecule has 0 radical (unpaired) electrons. The third kappa shape index (κ3) is 5.93. The van der Waals surface area contributed by atoms with Crippen LogP contribution in [-0.2, 0) is 17.9 Å². The maximum Gasteiger partial charge on any atom is 0.221 e. The molecule has 1 N–H and O–H groups in total. The van der Waals surface area contributed by atoms with Crippen molar-refractivity contribution in [3.63, 3.8) is 0 Å². The van der Waals surface area contributed by atoms with Crippen LogP contribution in [0.4, 0.5) is 0 Å². The van der Waals surface area contributed by atoms with Gasteiger partial charge in [-0.25, -0.2) is 4.98 Å². The lowest BCUT2D eigenvalue weighted by Gasteiger charge is -2.46. The van der Waals surface area contributed by atoms with E-state index >= 15 is 0 Å². The van der Waals surface area contributed by atoms with Gasteiger partial charge >= 0.3 is 0 Å². The van der Waals surface area contributed by atoms with Gasteiger partial charge in [0.1, 0.15) is 0 Å². The molecule has 2 aromatic rings. The molecule has 2 fully saturated rings. The molecule has 168 valence electrons. The van der Waals surface area contributed by atoms with Crippen molar-refractivity contribution in [2.75, 3.05) is 26.2 Å². The van der Waals surface area contributed by atoms with Gasteiger partial charge in [-0.2, -0.15) is 0 Å². The van der Waals surface area contributed by atoms with Gasteiger partial charge < -0.3 is 5.32 Å². The number of aryl methyl sites for hydroxylation is 1. The molecule has 0 bridgehead atoms. The van der Waals surface area contributed by atoms with E-state index in [0.717, 1.165) is 64.2 Å². The van der Waals surface area contributed by atoms with Crippen LogP contribution in [-0.4, -0.2) is 52.4 Å². The Morgan fingerprint density at radius 3 is 2.58 bits per heavy atom. The molecule has 1 aromatic heterocycles. The van der Waals surface area contributed by atoms with E-state index in [-0.39, 0.29) is 11.4 Å². The Bertz CT molecular complexity index is 831. The molecule has 6 heteroatoms. The van der Waals surface area contributed by atoms with E-state index < -0.39 is 0 Å². The summed E-state index contributed by atoms with van der Waals surface area (Å²) in [5.74, 6) is 0.218. The monoisotopic (exact) mass is 440 g/mol. The first-order chi connectivity index (χ1) is 15.1. The first kappa shape index (κ1) is 22.4. The summed E-state index contributed by atoms with van der Waals surface area (Å²) in [4.78, 5) is 23.9. The van der Waals surface area contributed by atoms with E-state index in [1.165, 1.54) is 29.7 Å². The molecule has 1 saturated heterocycles. The zero-order valence-corrected chi connectivity index (χ0v) is 19.6. The molecule has 2 aliphatic rings. The van der Waals surface area contributed by atoms with E-state index in [2.05, 4.69) is 57.4 Å². The number of carbonyl (C=O) groups is 1. The fourth-order valence-electron chi connectivity index (χ4n) is 5.25. The van der Waals surface area contributed by atoms with Gasteiger partial charge in [0.05, 0.1) is 11.2 Å². The molecular formula is C25H36N4OS. The summed E-state index contributed by atoms with van der Waals surface area (Å²) in [5, 5.41) is 3.24. The molecule has 1 spiro atoms. The second kappa shape index (κ2) is 10.7. The lowest BCUT2D eigenvalue weighted by Crippen LogP contribution is -2.52. The van der Waals surface area contributed by atoms with Crippen molar-refractivity contribution in [2.24, 2.45) is 0 Å². The number of amides is 1. The summed E-state index contributed by atoms with van der Waals surface area (Å²) in [7, 11) is 0. The van der Waals surface area contributed by atoms with Crippen LogP contribution in [0.5, 0.6) is 0 Å². The van der Waals surface area contributed by atoms with E-state index in [1.807, 2.05) is 5.51 Å². The first-order valence-electron chi connectivity index (χ1n) is 11.8. The van der Waals surface area contributed by atoms with E-state index in [4.69, 9.17) is 0 Å². The maximum atomic E-state index is 13.0. The first-order valence-corrected chi connectivity index (χ1v) is 12.7. The molecule has 1 saturated carbocycles. The molecule has 1 aliphatic carbocycles. The predicted molar refractivity (Wildman–Crippen MR) is 127 cm³/mol. The Hall–Kier alpha value is -1.76. The molecule has 5 nitrogen and oxygen atoms in total. The van der Waals surface area contributed by atoms with Crippen LogP contribution in [0.2, 0.25) is 0 Å². The minimum Gasteiger partial charge on any atom is -0.355 e. The van der Waals surface area contributed by atoms with Crippen molar-refractivity contribution in [3.05, 3.63) is 52.0 Å². The fourth-order valence-corrected chi connectivity index (χ4v) is 6.07. The van der Waals surface area contributed by atoms with Crippen LogP contribution in [0, 0.1) is 6.92 Å². The standard InChI is InChI=1S/C25H36N4OS/c1-21-23(31-20-27-21)19-28-14-8-15-29(18-22-9-4-2-5-10-22)25(11-6-3-7-12-25)17-24(30)26-13-16-28/h2,4-5,9-10,20H,3,6-8,11-19H2,1H3,(H,26,30). The molecule has 0 atom stereocenters. The van der Waals surface area contributed by atoms with E-state index in [0.29, 0.717) is 6.42 Å². The van der Waals surface area contributed by atoms with Crippen molar-refractivity contribution in [1.29, 1.82) is 0 Å². The minimum absolute atomic E-state index is 0.00159. The second-order valence-corrected chi connectivity index (χ2v) is 10.1. The smallest absolute Gasteiger partial charge is 0.221 e. The zero-order chi connectivity index (χ0) is 21.5. The average Bonchev–Trinajstić information content (AvgIpc) is 3.17. The zero-order valence-electron chi connectivity index (χ0n) is 18.8. The molecule has 1 aromatic carbocycles. The minimum atomic E-state index is 0.00159. The van der Waals surface area contributed by atoms with Crippen LogP contribution < -0.4 is 5.32 Å². The molecule has 2 heterocycles. The van der Waals surface area contributed by atoms with Crippen LogP contribution in [0.15, 0.2) is 35.8 Å². The van der Waals surface area contributed by atoms with Crippen molar-refractivity contribution in [2.45, 2.75) is 70.5 Å². The second-order valence-electron chi connectivity index (χ2n) is 9.21. The number of thiazole rings is 1. The van der Waals surface area contributed by atoms with Crippen LogP contribution in [0.3, 0.4) is 0 Å². The summed E-state index contributed by atoms with van der Waals surface area (Å²) >= 11 is 1.74. The highest BCUT2D eigenvalue weighted by Crippen LogP contribution is 2.38. The van der Waals surface area contributed by atoms with Crippen molar-refractivity contribution < 1.29 is 4.79 Å². The topological polar surface area (TPSA) is 48.5 Å². The van der Waals surface area contributed by atoms with Gasteiger partial charge in [0.25, 0.3) is 0 Å². The Morgan fingerprint density at radius 2 is 1.84 bits per heavy atom. The van der Waals surface area contributed by atoms with E-state index in [1.54, 1.807) is 11.3 Å². The van der Waals surface area contributed by atoms with Crippen LogP contribution >= 0.6 is 11.3 Å². The molecule has 1 amide bonds. The largest absolute Gasteiger partial charge is 0.355 e. The number of rotatable bonds is 4. The Labute approximate surface area is 190 Å². The number of aromatic nitrogens is 1. The Balaban J connectivity index is 1.53. The van der Waals surface area contributed by atoms with Gasteiger partial charge in [0.15, 0.2) is 0 Å². The van der Waals surface area contributed by atoms with Gasteiger partial charge in [0, 0.05) is 49.6 Å². The average molecular weight is 441 g/mol. The molecule has 31 heavy (non-hydrogen) atoms. The summed E-state index contributed by atoms with van der Waals surface area (Å²) in [6.45, 7) is 7.67. The Morgan fingerprint density at radius 1 is 1.03 bits per heavy atom. The van der Waals surface area contributed by atoms with Crippen LogP contribution in [0.1, 0.15) is 61.1 Å². The molecular weight excluding hydrogens is 404 g/mol. The summed E-state index contributed by atoms with van der Waals surface area (Å²) < 4.78 is 0. The van der Waals surface area contributed by atoms with Crippen LogP contribution in [0.25, 0.3) is 0 Å². The fraction of sp³-hybridized carbons (Fsp3) is 0.600. The van der Waals surface area contributed by atoms with Gasteiger partial charge in [-0.1, -0.05) is 49.6 Å². The number of nitrogens with one attached hydrogen (secondary N) is 1. The summed E-state index contributed by atoms with van der Waals surface area (Å²) in [6, 6.07) is 10.8. The van der Waals surface area contributed by atoms with Gasteiger partial charge in [-0.15, -0.1) is 11.3 Å². The number of benzene rings is 1. The number of nitrogens with zero attached hydrogens (tertiary/aromatic N) is 3. The quantitative estimate of drug-likeness (QED) is 0.767. The maximum absolute atomic E-state index is 13.0. The number of carbonyl (C=O) groups excluding carboxylic acids is 1. The highest BCUT2D eigenvalue weighted by atomic mass is 32.1. The van der Waals surface area contributed by atoms with Gasteiger partial charge in [0.2, 0.25) is 5.91 Å². The number of hydrogen-bond donors (Lipinski definition) is 1. The Kier molecular flexibility index (Phi) is 7.75. The molecule has 0 unspecified atom stereocenters. The highest BCUT2D eigenvalue weighted by Gasteiger charge is 2.39. The third-order valence-corrected chi connectivity index (χ3v) is 7.95. The summed E-state index contributed by atoms with van der Waals surface area (Å²) in [5.41, 5.74) is 4.42. The lowest BCUT2D eigenvalue weighted by atomic mass is 9.77. The van der Waals surface area contributed by atoms with Gasteiger partial charge in [-0.05, 0) is 38.3 Å². The highest BCUT2D eigenvalue weighted by molar-refractivity contribution is 7.09. The SMILES string of the molecule is Cc1ncsc1CN1CCCN(Cc2ccccc2)C2(CCCCC2)CC(=O)NCC1. The lowest BCUT2D eigenvalue weighted by molar-refractivity contribution is -0.125. The number of hydrogen-bond acceptors (Lipinski definition) is 5. The summed E-state index contributed by atoms with van der Waals surface area (Å²) in [6.07, 6.45) is 7.79. The van der Waals surface area contributed by atoms with Crippen molar-refractivity contribution >= 4 is 17.2 Å². The van der Waals surface area contributed by atoms with Crippen molar-refractivity contribution in [3.8, 4) is 0 Å². The van der Waals surface area contributed by atoms with E-state index in [9.17, 15) is 4.79 Å². The van der Waals surface area contributed by atoms with Crippen molar-refractivity contribution in [1.82, 2.24) is 20.1 Å².